The van der Waals surface area contributed by atoms with E-state index in [1.165, 1.54) is 22.3 Å². The van der Waals surface area contributed by atoms with Crippen molar-refractivity contribution < 1.29 is 14.3 Å². The number of benzene rings is 2. The average Bonchev–Trinajstić information content (AvgIpc) is 3.34. The smallest absolute Gasteiger partial charge is 0.240 e. The highest BCUT2D eigenvalue weighted by molar-refractivity contribution is 5.82. The lowest BCUT2D eigenvalue weighted by Gasteiger charge is -2.33. The minimum atomic E-state index is -0.00364. The molecule has 0 saturated carbocycles. The standard InChI is InChI=1S/C23H26N2O3/c1-16-4-2-5-17(10-16)13-24-8-3-6-20(24)23(26)25-9-7-18-11-21-22(28-15-27-21)12-19(18)14-25/h2,4-5,10-12,20H,3,6-9,13-15H2,1H3. The van der Waals surface area contributed by atoms with Gasteiger partial charge in [0.25, 0.3) is 0 Å². The fraction of sp³-hybridized carbons (Fsp3) is 0.435. The SMILES string of the molecule is Cc1cccc(CN2CCCC2C(=O)N2CCc3cc4c(cc3C2)OCO4)c1. The molecule has 1 atom stereocenters. The fourth-order valence-electron chi connectivity index (χ4n) is 4.69. The Kier molecular flexibility index (Phi) is 4.47. The molecule has 3 aliphatic heterocycles. The summed E-state index contributed by atoms with van der Waals surface area (Å²) >= 11 is 0. The van der Waals surface area contributed by atoms with Crippen LogP contribution in [0.3, 0.4) is 0 Å². The van der Waals surface area contributed by atoms with Crippen LogP contribution in [0.25, 0.3) is 0 Å². The van der Waals surface area contributed by atoms with Gasteiger partial charge in [0.05, 0.1) is 6.04 Å². The number of carbonyl (C=O) groups is 1. The minimum Gasteiger partial charge on any atom is -0.454 e. The topological polar surface area (TPSA) is 42.0 Å². The van der Waals surface area contributed by atoms with Gasteiger partial charge in [-0.1, -0.05) is 29.8 Å². The maximum atomic E-state index is 13.3. The van der Waals surface area contributed by atoms with Gasteiger partial charge in [0.2, 0.25) is 12.7 Å². The average molecular weight is 378 g/mol. The second kappa shape index (κ2) is 7.13. The minimum absolute atomic E-state index is 0.00364. The maximum Gasteiger partial charge on any atom is 0.240 e. The van der Waals surface area contributed by atoms with E-state index < -0.39 is 0 Å². The lowest BCUT2D eigenvalue weighted by atomic mass is 9.98. The first kappa shape index (κ1) is 17.6. The predicted octanol–water partition coefficient (Wildman–Crippen LogP) is 3.27. The van der Waals surface area contributed by atoms with Gasteiger partial charge >= 0.3 is 0 Å². The van der Waals surface area contributed by atoms with Crippen molar-refractivity contribution in [2.75, 3.05) is 19.9 Å². The third kappa shape index (κ3) is 3.24. The van der Waals surface area contributed by atoms with Crippen LogP contribution in [0.15, 0.2) is 36.4 Å². The van der Waals surface area contributed by atoms with Gasteiger partial charge in [0.1, 0.15) is 0 Å². The first-order valence-corrected chi connectivity index (χ1v) is 10.2. The number of rotatable bonds is 3. The van der Waals surface area contributed by atoms with Crippen molar-refractivity contribution in [1.29, 1.82) is 0 Å². The molecule has 0 spiro atoms. The Morgan fingerprint density at radius 1 is 1.11 bits per heavy atom. The molecule has 2 aromatic rings. The van der Waals surface area contributed by atoms with E-state index in [0.717, 1.165) is 50.4 Å². The monoisotopic (exact) mass is 378 g/mol. The molecule has 5 rings (SSSR count). The Labute approximate surface area is 165 Å². The second-order valence-electron chi connectivity index (χ2n) is 8.10. The molecule has 0 N–H and O–H groups in total. The van der Waals surface area contributed by atoms with Crippen molar-refractivity contribution in [3.05, 3.63) is 58.7 Å². The Balaban J connectivity index is 1.30. The number of amides is 1. The van der Waals surface area contributed by atoms with Crippen molar-refractivity contribution in [3.63, 3.8) is 0 Å². The van der Waals surface area contributed by atoms with Gasteiger partial charge in [-0.3, -0.25) is 9.69 Å². The van der Waals surface area contributed by atoms with Crippen LogP contribution in [-0.2, 0) is 24.3 Å². The number of hydrogen-bond acceptors (Lipinski definition) is 4. The van der Waals surface area contributed by atoms with Crippen LogP contribution in [0.5, 0.6) is 11.5 Å². The zero-order chi connectivity index (χ0) is 19.1. The van der Waals surface area contributed by atoms with E-state index >= 15 is 0 Å². The summed E-state index contributed by atoms with van der Waals surface area (Å²) in [6, 6.07) is 12.7. The molecule has 2 aromatic carbocycles. The first-order chi connectivity index (χ1) is 13.7. The van der Waals surface area contributed by atoms with E-state index in [2.05, 4.69) is 48.2 Å². The lowest BCUT2D eigenvalue weighted by Crippen LogP contribution is -2.47. The number of nitrogens with zero attached hydrogens (tertiary/aromatic N) is 2. The summed E-state index contributed by atoms with van der Waals surface area (Å²) in [7, 11) is 0. The summed E-state index contributed by atoms with van der Waals surface area (Å²) in [5.74, 6) is 1.90. The molecule has 0 bridgehead atoms. The highest BCUT2D eigenvalue weighted by atomic mass is 16.7. The zero-order valence-electron chi connectivity index (χ0n) is 16.3. The number of carbonyl (C=O) groups excluding carboxylic acids is 1. The Bertz CT molecular complexity index is 911. The molecule has 5 nitrogen and oxygen atoms in total. The van der Waals surface area contributed by atoms with Gasteiger partial charge in [-0.2, -0.15) is 0 Å². The van der Waals surface area contributed by atoms with Crippen LogP contribution in [0.4, 0.5) is 0 Å². The highest BCUT2D eigenvalue weighted by Crippen LogP contribution is 2.37. The second-order valence-corrected chi connectivity index (χ2v) is 8.10. The molecule has 3 aliphatic rings. The van der Waals surface area contributed by atoms with Crippen molar-refractivity contribution in [1.82, 2.24) is 9.80 Å². The van der Waals surface area contributed by atoms with Crippen LogP contribution in [-0.4, -0.2) is 41.6 Å². The molecule has 28 heavy (non-hydrogen) atoms. The van der Waals surface area contributed by atoms with Crippen LogP contribution in [0.2, 0.25) is 0 Å². The number of hydrogen-bond donors (Lipinski definition) is 0. The third-order valence-electron chi connectivity index (χ3n) is 6.14. The van der Waals surface area contributed by atoms with Gasteiger partial charge in [-0.15, -0.1) is 0 Å². The van der Waals surface area contributed by atoms with Gasteiger partial charge < -0.3 is 14.4 Å². The molecular formula is C23H26N2O3. The van der Waals surface area contributed by atoms with E-state index in [9.17, 15) is 4.79 Å². The fourth-order valence-corrected chi connectivity index (χ4v) is 4.69. The molecule has 1 fully saturated rings. The Morgan fingerprint density at radius 3 is 2.75 bits per heavy atom. The van der Waals surface area contributed by atoms with Gasteiger partial charge in [-0.25, -0.2) is 0 Å². The molecule has 1 saturated heterocycles. The molecule has 0 aromatic heterocycles. The van der Waals surface area contributed by atoms with Crippen LogP contribution < -0.4 is 9.47 Å². The summed E-state index contributed by atoms with van der Waals surface area (Å²) in [6.45, 7) is 5.69. The summed E-state index contributed by atoms with van der Waals surface area (Å²) in [5, 5.41) is 0. The third-order valence-corrected chi connectivity index (χ3v) is 6.14. The van der Waals surface area contributed by atoms with Crippen LogP contribution >= 0.6 is 0 Å². The quantitative estimate of drug-likeness (QED) is 0.822. The van der Waals surface area contributed by atoms with Crippen molar-refractivity contribution in [2.45, 2.75) is 45.3 Å². The molecule has 1 amide bonds. The van der Waals surface area contributed by atoms with E-state index in [1.807, 2.05) is 4.90 Å². The van der Waals surface area contributed by atoms with Crippen molar-refractivity contribution >= 4 is 5.91 Å². The normalized spacial score (nSPS) is 21.0. The molecular weight excluding hydrogens is 352 g/mol. The number of fused-ring (bicyclic) bond motifs is 2. The molecule has 0 radical (unpaired) electrons. The largest absolute Gasteiger partial charge is 0.454 e. The summed E-state index contributed by atoms with van der Waals surface area (Å²) in [6.07, 6.45) is 2.92. The first-order valence-electron chi connectivity index (χ1n) is 10.2. The Hall–Kier alpha value is -2.53. The zero-order valence-corrected chi connectivity index (χ0v) is 16.3. The lowest BCUT2D eigenvalue weighted by molar-refractivity contribution is -0.137. The molecule has 5 heteroatoms. The van der Waals surface area contributed by atoms with Gasteiger partial charge in [0, 0.05) is 19.6 Å². The van der Waals surface area contributed by atoms with Gasteiger partial charge in [0.15, 0.2) is 11.5 Å². The summed E-state index contributed by atoms with van der Waals surface area (Å²) < 4.78 is 11.0. The Morgan fingerprint density at radius 2 is 1.93 bits per heavy atom. The molecule has 146 valence electrons. The number of likely N-dealkylation sites (tertiary alicyclic amines) is 1. The van der Waals surface area contributed by atoms with E-state index in [0.29, 0.717) is 6.54 Å². The van der Waals surface area contributed by atoms with Crippen LogP contribution in [0.1, 0.15) is 35.1 Å². The summed E-state index contributed by atoms with van der Waals surface area (Å²) in [4.78, 5) is 17.7. The molecule has 1 unspecified atom stereocenters. The predicted molar refractivity (Wildman–Crippen MR) is 106 cm³/mol. The number of ether oxygens (including phenoxy) is 2. The van der Waals surface area contributed by atoms with Gasteiger partial charge in [-0.05, 0) is 61.6 Å². The van der Waals surface area contributed by atoms with Crippen molar-refractivity contribution in [3.8, 4) is 11.5 Å². The number of aryl methyl sites for hydroxylation is 1. The van der Waals surface area contributed by atoms with E-state index in [4.69, 9.17) is 9.47 Å². The van der Waals surface area contributed by atoms with E-state index in [-0.39, 0.29) is 18.7 Å². The summed E-state index contributed by atoms with van der Waals surface area (Å²) in [5.41, 5.74) is 5.02. The highest BCUT2D eigenvalue weighted by Gasteiger charge is 2.35. The van der Waals surface area contributed by atoms with Crippen LogP contribution in [0, 0.1) is 6.92 Å². The van der Waals surface area contributed by atoms with Crippen molar-refractivity contribution in [2.24, 2.45) is 0 Å². The molecule has 0 aliphatic carbocycles. The maximum absolute atomic E-state index is 13.3. The van der Waals surface area contributed by atoms with E-state index in [1.54, 1.807) is 0 Å². The molecule has 3 heterocycles.